The smallest absolute Gasteiger partial charge is 0.318 e. The van der Waals surface area contributed by atoms with E-state index >= 15 is 0 Å². The van der Waals surface area contributed by atoms with Crippen molar-refractivity contribution in [2.45, 2.75) is 50.7 Å². The van der Waals surface area contributed by atoms with Gasteiger partial charge in [-0.25, -0.2) is 0 Å². The van der Waals surface area contributed by atoms with E-state index in [1.54, 1.807) is 4.90 Å². The standard InChI is InChI=1S/C33H39N7O2/c1-3-31(41)40-20-19-39(21-25(40)15-16-34)32-28-13-8-18-38(30-14-6-10-24-9-4-5-12-27(24)30)22-29(28)35-33(36-32)42-23-26-11-7-17-37(26)2/h3-6,9-10,12,14,25-26H,1,7-8,11,13,15,17-23H2,2H3/t25-,26-/m1/s1. The third-order valence-corrected chi connectivity index (χ3v) is 9.00. The van der Waals surface area contributed by atoms with E-state index in [1.807, 2.05) is 0 Å². The second-order valence-electron chi connectivity index (χ2n) is 11.6. The molecule has 9 nitrogen and oxygen atoms in total. The lowest BCUT2D eigenvalue weighted by molar-refractivity contribution is -0.128. The van der Waals surface area contributed by atoms with Crippen molar-refractivity contribution in [3.05, 3.63) is 66.4 Å². The average Bonchev–Trinajstić information content (AvgIpc) is 3.31. The lowest BCUT2D eigenvalue weighted by Crippen LogP contribution is -2.55. The van der Waals surface area contributed by atoms with Gasteiger partial charge in [-0.05, 0) is 56.8 Å². The number of rotatable bonds is 7. The van der Waals surface area contributed by atoms with Gasteiger partial charge in [0.05, 0.1) is 30.8 Å². The van der Waals surface area contributed by atoms with Gasteiger partial charge >= 0.3 is 6.01 Å². The van der Waals surface area contributed by atoms with Crippen molar-refractivity contribution in [2.75, 3.05) is 56.2 Å². The number of likely N-dealkylation sites (tertiary alicyclic amines) is 1. The van der Waals surface area contributed by atoms with E-state index in [0.29, 0.717) is 44.8 Å². The summed E-state index contributed by atoms with van der Waals surface area (Å²) in [6, 6.07) is 17.8. The van der Waals surface area contributed by atoms with Crippen molar-refractivity contribution in [3.63, 3.8) is 0 Å². The highest BCUT2D eigenvalue weighted by Crippen LogP contribution is 2.34. The number of benzene rings is 2. The molecule has 2 fully saturated rings. The SMILES string of the molecule is C=CC(=O)N1CCN(c2nc(OC[C@H]3CCCN3C)nc3c2CCCN(c2cccc4ccccc24)C3)C[C@H]1CC#N. The highest BCUT2D eigenvalue weighted by molar-refractivity contribution is 5.94. The first-order valence-electron chi connectivity index (χ1n) is 15.1. The normalized spacial score (nSPS) is 21.1. The number of fused-ring (bicyclic) bond motifs is 2. The molecule has 0 saturated carbocycles. The fraction of sp³-hybridized carbons (Fsp3) is 0.455. The number of nitriles is 1. The summed E-state index contributed by atoms with van der Waals surface area (Å²) in [5.41, 5.74) is 3.34. The number of nitrogens with zero attached hydrogens (tertiary/aromatic N) is 7. The Labute approximate surface area is 248 Å². The summed E-state index contributed by atoms with van der Waals surface area (Å²) in [4.78, 5) is 31.4. The Hall–Kier alpha value is -4.16. The van der Waals surface area contributed by atoms with E-state index < -0.39 is 0 Å². The van der Waals surface area contributed by atoms with Crippen molar-refractivity contribution in [3.8, 4) is 12.1 Å². The maximum Gasteiger partial charge on any atom is 0.318 e. The lowest BCUT2D eigenvalue weighted by atomic mass is 10.1. The van der Waals surface area contributed by atoms with Crippen LogP contribution in [-0.4, -0.2) is 84.1 Å². The minimum Gasteiger partial charge on any atom is -0.462 e. The molecule has 3 aliphatic heterocycles. The Morgan fingerprint density at radius 2 is 1.93 bits per heavy atom. The van der Waals surface area contributed by atoms with Crippen LogP contribution in [0.2, 0.25) is 0 Å². The van der Waals surface area contributed by atoms with Gasteiger partial charge in [-0.15, -0.1) is 0 Å². The lowest BCUT2D eigenvalue weighted by Gasteiger charge is -2.41. The molecule has 2 atom stereocenters. The van der Waals surface area contributed by atoms with Crippen molar-refractivity contribution < 1.29 is 9.53 Å². The minimum absolute atomic E-state index is 0.133. The van der Waals surface area contributed by atoms with Gasteiger partial charge in [0.2, 0.25) is 5.91 Å². The van der Waals surface area contributed by atoms with Crippen molar-refractivity contribution in [2.24, 2.45) is 0 Å². The van der Waals surface area contributed by atoms with Gasteiger partial charge in [-0.1, -0.05) is 43.0 Å². The van der Waals surface area contributed by atoms with Gasteiger partial charge in [0.15, 0.2) is 0 Å². The number of carbonyl (C=O) groups is 1. The molecule has 218 valence electrons. The van der Waals surface area contributed by atoms with Crippen LogP contribution in [0.1, 0.15) is 36.9 Å². The van der Waals surface area contributed by atoms with E-state index in [9.17, 15) is 10.1 Å². The van der Waals surface area contributed by atoms with Crippen LogP contribution in [0.5, 0.6) is 6.01 Å². The van der Waals surface area contributed by atoms with Gasteiger partial charge < -0.3 is 24.3 Å². The Morgan fingerprint density at radius 1 is 1.07 bits per heavy atom. The number of amides is 1. The molecule has 0 spiro atoms. The fourth-order valence-corrected chi connectivity index (χ4v) is 6.70. The zero-order valence-corrected chi connectivity index (χ0v) is 24.4. The first-order valence-corrected chi connectivity index (χ1v) is 15.1. The number of ether oxygens (including phenoxy) is 1. The van der Waals surface area contributed by atoms with Crippen molar-refractivity contribution in [1.82, 2.24) is 19.8 Å². The zero-order chi connectivity index (χ0) is 29.1. The average molecular weight is 566 g/mol. The summed E-state index contributed by atoms with van der Waals surface area (Å²) in [7, 11) is 2.14. The molecule has 2 aromatic carbocycles. The fourth-order valence-electron chi connectivity index (χ4n) is 6.70. The molecule has 42 heavy (non-hydrogen) atoms. The predicted molar refractivity (Wildman–Crippen MR) is 165 cm³/mol. The second-order valence-corrected chi connectivity index (χ2v) is 11.6. The molecule has 2 saturated heterocycles. The largest absolute Gasteiger partial charge is 0.462 e. The Morgan fingerprint density at radius 3 is 2.74 bits per heavy atom. The van der Waals surface area contributed by atoms with Gasteiger partial charge in [-0.3, -0.25) is 4.79 Å². The summed E-state index contributed by atoms with van der Waals surface area (Å²) in [5, 5.41) is 12.0. The first-order chi connectivity index (χ1) is 20.6. The number of piperazine rings is 1. The number of hydrogen-bond donors (Lipinski definition) is 0. The van der Waals surface area contributed by atoms with Crippen LogP contribution in [0.4, 0.5) is 11.5 Å². The van der Waals surface area contributed by atoms with Crippen molar-refractivity contribution in [1.29, 1.82) is 5.26 Å². The third kappa shape index (κ3) is 5.64. The minimum atomic E-state index is -0.227. The van der Waals surface area contributed by atoms with Crippen molar-refractivity contribution >= 4 is 28.2 Å². The van der Waals surface area contributed by atoms with Gasteiger partial charge in [0.1, 0.15) is 12.4 Å². The molecule has 0 aliphatic carbocycles. The van der Waals surface area contributed by atoms with E-state index in [-0.39, 0.29) is 18.4 Å². The van der Waals surface area contributed by atoms with Crippen LogP contribution < -0.4 is 14.5 Å². The van der Waals surface area contributed by atoms with Crippen LogP contribution in [0.25, 0.3) is 10.8 Å². The first kappa shape index (κ1) is 28.0. The summed E-state index contributed by atoms with van der Waals surface area (Å²) in [6.45, 7) is 8.55. The van der Waals surface area contributed by atoms with Crippen LogP contribution in [-0.2, 0) is 17.8 Å². The summed E-state index contributed by atoms with van der Waals surface area (Å²) in [6.07, 6.45) is 5.70. The molecule has 3 aliphatic rings. The highest BCUT2D eigenvalue weighted by Gasteiger charge is 2.33. The van der Waals surface area contributed by atoms with Crippen LogP contribution in [0, 0.1) is 11.3 Å². The predicted octanol–water partition coefficient (Wildman–Crippen LogP) is 4.17. The third-order valence-electron chi connectivity index (χ3n) is 9.00. The molecule has 1 amide bonds. The Bertz CT molecular complexity index is 1500. The Balaban J connectivity index is 1.35. The van der Waals surface area contributed by atoms with E-state index in [0.717, 1.165) is 49.4 Å². The summed E-state index contributed by atoms with van der Waals surface area (Å²) in [5.74, 6) is 0.745. The number of anilines is 2. The van der Waals surface area contributed by atoms with E-state index in [2.05, 4.69) is 76.9 Å². The van der Waals surface area contributed by atoms with Gasteiger partial charge in [0, 0.05) is 48.9 Å². The molecule has 0 bridgehead atoms. The number of likely N-dealkylation sites (N-methyl/N-ethyl adjacent to an activating group) is 1. The maximum atomic E-state index is 12.6. The topological polar surface area (TPSA) is 88.8 Å². The number of aromatic nitrogens is 2. The molecule has 0 unspecified atom stereocenters. The molecular formula is C33H39N7O2. The van der Waals surface area contributed by atoms with Crippen LogP contribution >= 0.6 is 0 Å². The van der Waals surface area contributed by atoms with Gasteiger partial charge in [-0.2, -0.15) is 15.2 Å². The highest BCUT2D eigenvalue weighted by atomic mass is 16.5. The molecule has 1 aromatic heterocycles. The Kier molecular flexibility index (Phi) is 8.24. The molecule has 9 heteroatoms. The summed E-state index contributed by atoms with van der Waals surface area (Å²) < 4.78 is 6.32. The van der Waals surface area contributed by atoms with Gasteiger partial charge in [0.25, 0.3) is 0 Å². The zero-order valence-electron chi connectivity index (χ0n) is 24.4. The second kappa shape index (κ2) is 12.4. The quantitative estimate of drug-likeness (QED) is 0.395. The number of hydrogen-bond acceptors (Lipinski definition) is 8. The molecule has 0 radical (unpaired) electrons. The summed E-state index contributed by atoms with van der Waals surface area (Å²) >= 11 is 0. The van der Waals surface area contributed by atoms with E-state index in [1.165, 1.54) is 29.0 Å². The molecule has 4 heterocycles. The molecule has 3 aromatic rings. The maximum absolute atomic E-state index is 12.6. The van der Waals surface area contributed by atoms with E-state index in [4.69, 9.17) is 14.7 Å². The molecule has 6 rings (SSSR count). The number of carbonyl (C=O) groups excluding carboxylic acids is 1. The molecular weight excluding hydrogens is 526 g/mol. The molecule has 0 N–H and O–H groups in total. The monoisotopic (exact) mass is 565 g/mol. The van der Waals surface area contributed by atoms with Crippen LogP contribution in [0.3, 0.4) is 0 Å². The van der Waals surface area contributed by atoms with Crippen LogP contribution in [0.15, 0.2) is 55.1 Å².